The van der Waals surface area contributed by atoms with Gasteiger partial charge in [0.25, 0.3) is 0 Å². The second-order valence-electron chi connectivity index (χ2n) is 4.74. The Morgan fingerprint density at radius 2 is 1.88 bits per heavy atom. The Labute approximate surface area is 97.9 Å². The summed E-state index contributed by atoms with van der Waals surface area (Å²) < 4.78 is 0. The van der Waals surface area contributed by atoms with E-state index in [-0.39, 0.29) is 23.4 Å². The minimum atomic E-state index is -0.544. The lowest BCUT2D eigenvalue weighted by Gasteiger charge is -2.24. The Morgan fingerprint density at radius 3 is 2.38 bits per heavy atom. The van der Waals surface area contributed by atoms with Gasteiger partial charge in [-0.3, -0.25) is 9.59 Å². The van der Waals surface area contributed by atoms with E-state index in [0.717, 1.165) is 29.8 Å². The van der Waals surface area contributed by atoms with Gasteiger partial charge in [-0.2, -0.15) is 0 Å². The summed E-state index contributed by atoms with van der Waals surface area (Å²) in [6.45, 7) is 1.93. The normalized spacial score (nSPS) is 33.4. The highest BCUT2D eigenvalue weighted by molar-refractivity contribution is 7.09. The molecule has 1 aromatic rings. The number of Topliss-reactive ketones (excluding diaryl/α,β-unsaturated/α-hetero) is 2. The molecule has 1 unspecified atom stereocenters. The minimum Gasteiger partial charge on any atom is -0.298 e. The summed E-state index contributed by atoms with van der Waals surface area (Å²) in [6, 6.07) is 0. The Hall–Kier alpha value is -1.03. The number of hydrogen-bond donors (Lipinski definition) is 0. The fraction of sp³-hybridized carbons (Fsp3) is 0.583. The van der Waals surface area contributed by atoms with E-state index in [1.165, 1.54) is 11.3 Å². The molecular weight excluding hydrogens is 222 g/mol. The third-order valence-electron chi connectivity index (χ3n) is 3.86. The van der Waals surface area contributed by atoms with Gasteiger partial charge >= 0.3 is 0 Å². The first-order valence-electron chi connectivity index (χ1n) is 5.66. The zero-order valence-corrected chi connectivity index (χ0v) is 9.92. The van der Waals surface area contributed by atoms with Crippen molar-refractivity contribution in [2.75, 3.05) is 0 Å². The lowest BCUT2D eigenvalue weighted by molar-refractivity contribution is -0.136. The van der Waals surface area contributed by atoms with Crippen LogP contribution in [0.2, 0.25) is 0 Å². The van der Waals surface area contributed by atoms with E-state index in [2.05, 4.69) is 4.98 Å². The summed E-state index contributed by atoms with van der Waals surface area (Å²) in [7, 11) is 0. The van der Waals surface area contributed by atoms with Gasteiger partial charge in [-0.15, -0.1) is 11.3 Å². The van der Waals surface area contributed by atoms with Gasteiger partial charge in [0.15, 0.2) is 11.6 Å². The largest absolute Gasteiger partial charge is 0.298 e. The Kier molecular flexibility index (Phi) is 2.21. The van der Waals surface area contributed by atoms with Gasteiger partial charge in [0.05, 0.1) is 11.2 Å². The molecule has 2 aliphatic rings. The number of carbonyl (C=O) groups excluding carboxylic acids is 2. The number of aryl methyl sites for hydroxylation is 1. The predicted molar refractivity (Wildman–Crippen MR) is 60.4 cm³/mol. The third-order valence-corrected chi connectivity index (χ3v) is 4.64. The summed E-state index contributed by atoms with van der Waals surface area (Å²) in [5.74, 6) is -0.0689. The van der Waals surface area contributed by atoms with Crippen LogP contribution >= 0.6 is 11.3 Å². The molecule has 3 atom stereocenters. The Morgan fingerprint density at radius 1 is 1.25 bits per heavy atom. The van der Waals surface area contributed by atoms with Gasteiger partial charge in [-0.25, -0.2) is 4.98 Å². The average molecular weight is 235 g/mol. The molecule has 0 amide bonds. The van der Waals surface area contributed by atoms with Crippen LogP contribution < -0.4 is 0 Å². The van der Waals surface area contributed by atoms with Gasteiger partial charge in [0.2, 0.25) is 0 Å². The highest BCUT2D eigenvalue weighted by Crippen LogP contribution is 2.44. The number of aromatic nitrogens is 1. The lowest BCUT2D eigenvalue weighted by Crippen LogP contribution is -2.35. The van der Waals surface area contributed by atoms with Crippen LogP contribution in [-0.4, -0.2) is 16.6 Å². The van der Waals surface area contributed by atoms with Crippen LogP contribution in [0.15, 0.2) is 5.51 Å². The second kappa shape index (κ2) is 3.48. The number of nitrogens with zero attached hydrogens (tertiary/aromatic N) is 1. The molecule has 0 N–H and O–H groups in total. The van der Waals surface area contributed by atoms with E-state index >= 15 is 0 Å². The Balaban J connectivity index is 2.04. The molecule has 2 aliphatic carbocycles. The van der Waals surface area contributed by atoms with Crippen LogP contribution in [0.25, 0.3) is 0 Å². The van der Waals surface area contributed by atoms with Crippen LogP contribution in [-0.2, 0) is 9.59 Å². The summed E-state index contributed by atoms with van der Waals surface area (Å²) in [5, 5.41) is 0. The van der Waals surface area contributed by atoms with E-state index in [0.29, 0.717) is 0 Å². The van der Waals surface area contributed by atoms with Crippen LogP contribution in [0.3, 0.4) is 0 Å². The SMILES string of the molecule is Cc1scnc1C1C(=O)[C@@H]2CC[C@@H](C2)C1=O. The maximum Gasteiger partial charge on any atom is 0.152 e. The van der Waals surface area contributed by atoms with Crippen molar-refractivity contribution in [3.63, 3.8) is 0 Å². The molecule has 3 nitrogen and oxygen atoms in total. The van der Waals surface area contributed by atoms with Crippen molar-refractivity contribution in [1.82, 2.24) is 4.98 Å². The highest BCUT2D eigenvalue weighted by Gasteiger charge is 2.48. The van der Waals surface area contributed by atoms with Gasteiger partial charge in [0, 0.05) is 16.7 Å². The average Bonchev–Trinajstić information content (AvgIpc) is 2.85. The van der Waals surface area contributed by atoms with E-state index in [1.54, 1.807) is 5.51 Å². The zero-order chi connectivity index (χ0) is 11.3. The summed E-state index contributed by atoms with van der Waals surface area (Å²) >= 11 is 1.51. The molecule has 16 heavy (non-hydrogen) atoms. The molecule has 0 spiro atoms. The molecule has 0 aliphatic heterocycles. The van der Waals surface area contributed by atoms with Crippen molar-refractivity contribution in [2.45, 2.75) is 32.1 Å². The molecule has 4 heteroatoms. The van der Waals surface area contributed by atoms with E-state index in [4.69, 9.17) is 0 Å². The number of ketones is 2. The molecule has 0 radical (unpaired) electrons. The smallest absolute Gasteiger partial charge is 0.152 e. The molecular formula is C12H13NO2S. The highest BCUT2D eigenvalue weighted by atomic mass is 32.1. The van der Waals surface area contributed by atoms with E-state index in [1.807, 2.05) is 6.92 Å². The van der Waals surface area contributed by atoms with Crippen molar-refractivity contribution in [1.29, 1.82) is 0 Å². The summed E-state index contributed by atoms with van der Waals surface area (Å²) in [6.07, 6.45) is 2.58. The molecule has 2 bridgehead atoms. The maximum absolute atomic E-state index is 12.2. The van der Waals surface area contributed by atoms with Crippen molar-refractivity contribution in [3.8, 4) is 0 Å². The lowest BCUT2D eigenvalue weighted by atomic mass is 9.77. The first-order chi connectivity index (χ1) is 7.68. The fourth-order valence-corrected chi connectivity index (χ4v) is 3.59. The van der Waals surface area contributed by atoms with E-state index < -0.39 is 5.92 Å². The number of rotatable bonds is 1. The van der Waals surface area contributed by atoms with Crippen molar-refractivity contribution < 1.29 is 9.59 Å². The molecule has 84 valence electrons. The quantitative estimate of drug-likeness (QED) is 0.700. The minimum absolute atomic E-state index is 0.118. The zero-order valence-electron chi connectivity index (χ0n) is 9.10. The Bertz CT molecular complexity index is 443. The monoisotopic (exact) mass is 235 g/mol. The molecule has 1 heterocycles. The molecule has 0 aromatic carbocycles. The van der Waals surface area contributed by atoms with Gasteiger partial charge in [-0.1, -0.05) is 0 Å². The predicted octanol–water partition coefficient (Wildman–Crippen LogP) is 2.10. The first-order valence-corrected chi connectivity index (χ1v) is 6.54. The van der Waals surface area contributed by atoms with Crippen molar-refractivity contribution in [2.24, 2.45) is 11.8 Å². The maximum atomic E-state index is 12.2. The van der Waals surface area contributed by atoms with Crippen molar-refractivity contribution in [3.05, 3.63) is 16.1 Å². The first kappa shape index (κ1) is 10.1. The number of fused-ring (bicyclic) bond motifs is 2. The van der Waals surface area contributed by atoms with E-state index in [9.17, 15) is 9.59 Å². The molecule has 1 aromatic heterocycles. The third kappa shape index (κ3) is 1.29. The fourth-order valence-electron chi connectivity index (χ4n) is 2.97. The molecule has 2 fully saturated rings. The van der Waals surface area contributed by atoms with Crippen LogP contribution in [0.1, 0.15) is 35.8 Å². The van der Waals surface area contributed by atoms with Crippen molar-refractivity contribution >= 4 is 22.9 Å². The summed E-state index contributed by atoms with van der Waals surface area (Å²) in [4.78, 5) is 29.6. The molecule has 2 saturated carbocycles. The van der Waals surface area contributed by atoms with Crippen LogP contribution in [0.5, 0.6) is 0 Å². The number of carbonyl (C=O) groups is 2. The van der Waals surface area contributed by atoms with Gasteiger partial charge in [0.1, 0.15) is 5.92 Å². The standard InChI is InChI=1S/C12H13NO2S/c1-6-10(13-5-16-6)9-11(14)7-2-3-8(4-7)12(9)15/h5,7-9H,2-4H2,1H3/t7-,8+,9?. The number of thiazole rings is 1. The summed E-state index contributed by atoms with van der Waals surface area (Å²) in [5.41, 5.74) is 2.44. The number of hydrogen-bond acceptors (Lipinski definition) is 4. The van der Waals surface area contributed by atoms with Crippen LogP contribution in [0.4, 0.5) is 0 Å². The molecule has 0 saturated heterocycles. The van der Waals surface area contributed by atoms with Crippen LogP contribution in [0, 0.1) is 18.8 Å². The van der Waals surface area contributed by atoms with Gasteiger partial charge in [-0.05, 0) is 26.2 Å². The van der Waals surface area contributed by atoms with Gasteiger partial charge < -0.3 is 0 Å². The topological polar surface area (TPSA) is 47.0 Å². The second-order valence-corrected chi connectivity index (χ2v) is 5.80. The molecule has 3 rings (SSSR count).